The van der Waals surface area contributed by atoms with Crippen molar-refractivity contribution in [3.05, 3.63) is 83.9 Å². The highest BCUT2D eigenvalue weighted by Gasteiger charge is 2.16. The topological polar surface area (TPSA) is 67.4 Å². The van der Waals surface area contributed by atoms with Gasteiger partial charge in [0.15, 0.2) is 6.61 Å². The monoisotopic (exact) mass is 484 g/mol. The van der Waals surface area contributed by atoms with Gasteiger partial charge in [0, 0.05) is 16.3 Å². The number of rotatable bonds is 10. The smallest absolute Gasteiger partial charge is 0.340 e. The standard InChI is InChI=1S/C26H26F2N2O3S/c1-3-17(2)20-8-4-6-10-22(20)30-24(31)16-33-25(32)21-9-5-7-11-23(21)29-18-12-14-19(15-13-18)34-26(27)28/h4-15,17,26,29H,3,16H2,1-2H3,(H,30,31)/t17-/m1/s1. The Morgan fingerprint density at radius 3 is 2.26 bits per heavy atom. The Bertz CT molecular complexity index is 1120. The summed E-state index contributed by atoms with van der Waals surface area (Å²) in [5.74, 6) is -3.30. The van der Waals surface area contributed by atoms with Gasteiger partial charge in [0.1, 0.15) is 0 Å². The minimum atomic E-state index is -2.49. The summed E-state index contributed by atoms with van der Waals surface area (Å²) in [6, 6.07) is 20.7. The lowest BCUT2D eigenvalue weighted by Crippen LogP contribution is -2.22. The quantitative estimate of drug-likeness (QED) is 0.238. The maximum Gasteiger partial charge on any atom is 0.340 e. The average molecular weight is 485 g/mol. The van der Waals surface area contributed by atoms with Crippen LogP contribution >= 0.6 is 11.8 Å². The first-order chi connectivity index (χ1) is 16.4. The Balaban J connectivity index is 1.62. The van der Waals surface area contributed by atoms with E-state index in [-0.39, 0.29) is 11.5 Å². The fraction of sp³-hybridized carbons (Fsp3) is 0.231. The van der Waals surface area contributed by atoms with Crippen LogP contribution in [-0.4, -0.2) is 24.2 Å². The van der Waals surface area contributed by atoms with E-state index in [2.05, 4.69) is 24.5 Å². The number of carbonyl (C=O) groups is 2. The Morgan fingerprint density at radius 1 is 0.941 bits per heavy atom. The van der Waals surface area contributed by atoms with E-state index in [0.717, 1.165) is 12.0 Å². The minimum Gasteiger partial charge on any atom is -0.452 e. The predicted octanol–water partition coefficient (Wildman–Crippen LogP) is 7.05. The third-order valence-corrected chi connectivity index (χ3v) is 5.94. The lowest BCUT2D eigenvalue weighted by atomic mass is 9.97. The van der Waals surface area contributed by atoms with Gasteiger partial charge in [0.25, 0.3) is 11.7 Å². The number of nitrogens with one attached hydrogen (secondary N) is 2. The van der Waals surface area contributed by atoms with Crippen LogP contribution in [0, 0.1) is 0 Å². The number of para-hydroxylation sites is 2. The molecule has 3 aromatic carbocycles. The zero-order valence-electron chi connectivity index (χ0n) is 18.9. The fourth-order valence-electron chi connectivity index (χ4n) is 3.30. The molecule has 0 saturated carbocycles. The van der Waals surface area contributed by atoms with Gasteiger partial charge >= 0.3 is 5.97 Å². The van der Waals surface area contributed by atoms with Crippen molar-refractivity contribution < 1.29 is 23.1 Å². The van der Waals surface area contributed by atoms with Crippen LogP contribution in [0.3, 0.4) is 0 Å². The number of esters is 1. The van der Waals surface area contributed by atoms with Gasteiger partial charge in [-0.05, 0) is 60.4 Å². The predicted molar refractivity (Wildman–Crippen MR) is 132 cm³/mol. The molecule has 1 amide bonds. The molecule has 178 valence electrons. The summed E-state index contributed by atoms with van der Waals surface area (Å²) in [6.45, 7) is 3.73. The van der Waals surface area contributed by atoms with Crippen molar-refractivity contribution in [2.75, 3.05) is 17.2 Å². The van der Waals surface area contributed by atoms with Crippen LogP contribution < -0.4 is 10.6 Å². The fourth-order valence-corrected chi connectivity index (χ4v) is 3.80. The van der Waals surface area contributed by atoms with Crippen molar-refractivity contribution in [2.24, 2.45) is 0 Å². The molecule has 0 unspecified atom stereocenters. The van der Waals surface area contributed by atoms with E-state index >= 15 is 0 Å². The van der Waals surface area contributed by atoms with Gasteiger partial charge in [-0.2, -0.15) is 8.78 Å². The van der Waals surface area contributed by atoms with Gasteiger partial charge < -0.3 is 15.4 Å². The van der Waals surface area contributed by atoms with Crippen LogP contribution in [0.4, 0.5) is 25.8 Å². The summed E-state index contributed by atoms with van der Waals surface area (Å²) in [6.07, 6.45) is 0.930. The van der Waals surface area contributed by atoms with E-state index < -0.39 is 24.2 Å². The zero-order valence-corrected chi connectivity index (χ0v) is 19.7. The number of anilines is 3. The Kier molecular flexibility index (Phi) is 9.04. The lowest BCUT2D eigenvalue weighted by Gasteiger charge is -2.16. The molecular formula is C26H26F2N2O3S. The maximum absolute atomic E-state index is 12.7. The van der Waals surface area contributed by atoms with Crippen molar-refractivity contribution >= 4 is 40.7 Å². The molecule has 3 aromatic rings. The molecule has 0 spiro atoms. The SMILES string of the molecule is CC[C@@H](C)c1ccccc1NC(=O)COC(=O)c1ccccc1Nc1ccc(SC(F)F)cc1. The number of benzene rings is 3. The normalized spacial score (nSPS) is 11.7. The molecule has 34 heavy (non-hydrogen) atoms. The van der Waals surface area contributed by atoms with Crippen LogP contribution in [0.5, 0.6) is 0 Å². The summed E-state index contributed by atoms with van der Waals surface area (Å²) >= 11 is 0.462. The summed E-state index contributed by atoms with van der Waals surface area (Å²) < 4.78 is 30.3. The molecule has 5 nitrogen and oxygen atoms in total. The molecule has 0 aliphatic carbocycles. The van der Waals surface area contributed by atoms with Crippen LogP contribution in [0.1, 0.15) is 42.1 Å². The van der Waals surface area contributed by atoms with E-state index in [1.807, 2.05) is 24.3 Å². The molecular weight excluding hydrogens is 458 g/mol. The van der Waals surface area contributed by atoms with Gasteiger partial charge in [-0.3, -0.25) is 4.79 Å². The summed E-state index contributed by atoms with van der Waals surface area (Å²) in [5, 5.41) is 5.91. The molecule has 0 fully saturated rings. The molecule has 0 aliphatic heterocycles. The third-order valence-electron chi connectivity index (χ3n) is 5.22. The average Bonchev–Trinajstić information content (AvgIpc) is 2.83. The van der Waals surface area contributed by atoms with E-state index in [1.54, 1.807) is 48.5 Å². The highest BCUT2D eigenvalue weighted by Crippen LogP contribution is 2.28. The lowest BCUT2D eigenvalue weighted by molar-refractivity contribution is -0.119. The van der Waals surface area contributed by atoms with E-state index in [1.165, 1.54) is 0 Å². The highest BCUT2D eigenvalue weighted by atomic mass is 32.2. The van der Waals surface area contributed by atoms with Gasteiger partial charge in [-0.15, -0.1) is 0 Å². The van der Waals surface area contributed by atoms with Gasteiger partial charge in [0.2, 0.25) is 0 Å². The third kappa shape index (κ3) is 7.05. The van der Waals surface area contributed by atoms with Gasteiger partial charge in [-0.25, -0.2) is 4.79 Å². The Labute approximate surface area is 201 Å². The molecule has 3 rings (SSSR count). The summed E-state index contributed by atoms with van der Waals surface area (Å²) in [5.41, 5.74) is 3.08. The molecule has 0 radical (unpaired) electrons. The molecule has 2 N–H and O–H groups in total. The number of hydrogen-bond donors (Lipinski definition) is 2. The number of alkyl halides is 2. The Hall–Kier alpha value is -3.39. The second-order valence-corrected chi connectivity index (χ2v) is 8.66. The summed E-state index contributed by atoms with van der Waals surface area (Å²) in [7, 11) is 0. The van der Waals surface area contributed by atoms with E-state index in [9.17, 15) is 18.4 Å². The van der Waals surface area contributed by atoms with Crippen molar-refractivity contribution in [3.8, 4) is 0 Å². The number of thioether (sulfide) groups is 1. The van der Waals surface area contributed by atoms with Crippen molar-refractivity contribution in [3.63, 3.8) is 0 Å². The minimum absolute atomic E-state index is 0.251. The van der Waals surface area contributed by atoms with Crippen LogP contribution in [0.15, 0.2) is 77.7 Å². The second kappa shape index (κ2) is 12.2. The first kappa shape index (κ1) is 25.2. The van der Waals surface area contributed by atoms with Crippen LogP contribution in [0.25, 0.3) is 0 Å². The molecule has 0 aliphatic rings. The number of carbonyl (C=O) groups excluding carboxylic acids is 2. The van der Waals surface area contributed by atoms with Gasteiger partial charge in [-0.1, -0.05) is 55.9 Å². The number of amides is 1. The molecule has 8 heteroatoms. The van der Waals surface area contributed by atoms with Crippen molar-refractivity contribution in [2.45, 2.75) is 36.8 Å². The second-order valence-electron chi connectivity index (χ2n) is 7.59. The molecule has 0 aromatic heterocycles. The zero-order chi connectivity index (χ0) is 24.5. The van der Waals surface area contributed by atoms with Crippen molar-refractivity contribution in [1.82, 2.24) is 0 Å². The molecule has 0 heterocycles. The largest absolute Gasteiger partial charge is 0.452 e. The van der Waals surface area contributed by atoms with Crippen LogP contribution in [-0.2, 0) is 9.53 Å². The first-order valence-corrected chi connectivity index (χ1v) is 11.7. The first-order valence-electron chi connectivity index (χ1n) is 10.8. The molecule has 0 bridgehead atoms. The highest BCUT2D eigenvalue weighted by molar-refractivity contribution is 7.99. The summed E-state index contributed by atoms with van der Waals surface area (Å²) in [4.78, 5) is 25.6. The van der Waals surface area contributed by atoms with E-state index in [4.69, 9.17) is 4.74 Å². The molecule has 0 saturated heterocycles. The van der Waals surface area contributed by atoms with Crippen molar-refractivity contribution in [1.29, 1.82) is 0 Å². The number of halogens is 2. The molecule has 1 atom stereocenters. The van der Waals surface area contributed by atoms with E-state index in [0.29, 0.717) is 33.7 Å². The maximum atomic E-state index is 12.7. The van der Waals surface area contributed by atoms with Gasteiger partial charge in [0.05, 0.1) is 11.3 Å². The number of ether oxygens (including phenoxy) is 1. The van der Waals surface area contributed by atoms with Crippen LogP contribution in [0.2, 0.25) is 0 Å². The number of hydrogen-bond acceptors (Lipinski definition) is 5. The Morgan fingerprint density at radius 2 is 1.59 bits per heavy atom.